The number of nitrogens with one attached hydrogen (secondary N) is 3. The summed E-state index contributed by atoms with van der Waals surface area (Å²) in [5.41, 5.74) is 0.874. The third-order valence-electron chi connectivity index (χ3n) is 2.15. The van der Waals surface area contributed by atoms with E-state index in [1.165, 1.54) is 0 Å². The van der Waals surface area contributed by atoms with Crippen molar-refractivity contribution in [2.75, 3.05) is 25.1 Å². The summed E-state index contributed by atoms with van der Waals surface area (Å²) in [5.74, 6) is -1.12. The van der Waals surface area contributed by atoms with E-state index in [-0.39, 0.29) is 11.4 Å². The van der Waals surface area contributed by atoms with E-state index in [0.29, 0.717) is 25.5 Å². The lowest BCUT2D eigenvalue weighted by molar-refractivity contribution is 0.0692. The predicted molar refractivity (Wildman–Crippen MR) is 66.0 cm³/mol. The van der Waals surface area contributed by atoms with Crippen molar-refractivity contribution < 1.29 is 19.4 Å². The first-order valence-corrected chi connectivity index (χ1v) is 5.60. The smallest absolute Gasteiger partial charge is 0.354 e. The Balaban J connectivity index is 2.51. The van der Waals surface area contributed by atoms with E-state index in [1.54, 1.807) is 13.0 Å². The number of H-pyrrole nitrogens is 1. The molecule has 0 atom stereocenters. The zero-order chi connectivity index (χ0) is 13.5. The fourth-order valence-corrected chi connectivity index (χ4v) is 1.40. The lowest BCUT2D eigenvalue weighted by Gasteiger charge is -2.06. The minimum atomic E-state index is -1.12. The van der Waals surface area contributed by atoms with E-state index in [4.69, 9.17) is 9.84 Å². The molecule has 0 spiro atoms. The van der Waals surface area contributed by atoms with Crippen LogP contribution in [0.4, 0.5) is 10.5 Å². The molecule has 0 aliphatic rings. The second-order valence-electron chi connectivity index (χ2n) is 3.62. The number of amides is 2. The first-order chi connectivity index (χ1) is 8.54. The maximum absolute atomic E-state index is 11.5. The highest BCUT2D eigenvalue weighted by Crippen LogP contribution is 2.16. The number of aromatic amines is 1. The van der Waals surface area contributed by atoms with Gasteiger partial charge in [-0.1, -0.05) is 0 Å². The van der Waals surface area contributed by atoms with Gasteiger partial charge in [-0.2, -0.15) is 0 Å². The Bertz CT molecular complexity index is 428. The van der Waals surface area contributed by atoms with E-state index in [1.807, 2.05) is 6.92 Å². The van der Waals surface area contributed by atoms with Crippen molar-refractivity contribution in [3.8, 4) is 0 Å². The molecule has 0 aliphatic heterocycles. The number of carbonyl (C=O) groups is 2. The number of urea groups is 1. The molecule has 1 rings (SSSR count). The second kappa shape index (κ2) is 6.65. The van der Waals surface area contributed by atoms with Crippen LogP contribution >= 0.6 is 0 Å². The molecule has 0 bridgehead atoms. The van der Waals surface area contributed by atoms with E-state index < -0.39 is 12.0 Å². The van der Waals surface area contributed by atoms with Gasteiger partial charge < -0.3 is 25.5 Å². The first-order valence-electron chi connectivity index (χ1n) is 5.60. The van der Waals surface area contributed by atoms with Gasteiger partial charge in [-0.3, -0.25) is 0 Å². The van der Waals surface area contributed by atoms with Crippen LogP contribution in [0.3, 0.4) is 0 Å². The zero-order valence-corrected chi connectivity index (χ0v) is 10.4. The minimum absolute atomic E-state index is 0.0348. The maximum Gasteiger partial charge on any atom is 0.354 e. The lowest BCUT2D eigenvalue weighted by Crippen LogP contribution is -2.31. The molecule has 2 amide bonds. The van der Waals surface area contributed by atoms with Gasteiger partial charge in [-0.15, -0.1) is 0 Å². The molecule has 0 unspecified atom stereocenters. The summed E-state index contributed by atoms with van der Waals surface area (Å²) in [6.45, 7) is 4.95. The molecule has 7 heteroatoms. The Labute approximate surface area is 105 Å². The highest BCUT2D eigenvalue weighted by Gasteiger charge is 2.14. The summed E-state index contributed by atoms with van der Waals surface area (Å²) in [6, 6.07) is 1.10. The maximum atomic E-state index is 11.5. The van der Waals surface area contributed by atoms with Gasteiger partial charge >= 0.3 is 12.0 Å². The highest BCUT2D eigenvalue weighted by molar-refractivity contribution is 5.99. The summed E-state index contributed by atoms with van der Waals surface area (Å²) >= 11 is 0. The van der Waals surface area contributed by atoms with Crippen molar-refractivity contribution in [3.63, 3.8) is 0 Å². The van der Waals surface area contributed by atoms with Gasteiger partial charge in [0.15, 0.2) is 0 Å². The fraction of sp³-hybridized carbons (Fsp3) is 0.455. The van der Waals surface area contributed by atoms with Crippen LogP contribution in [0.5, 0.6) is 0 Å². The second-order valence-corrected chi connectivity index (χ2v) is 3.62. The minimum Gasteiger partial charge on any atom is -0.477 e. The molecule has 100 valence electrons. The third-order valence-corrected chi connectivity index (χ3v) is 2.15. The normalized spacial score (nSPS) is 10.1. The molecule has 4 N–H and O–H groups in total. The van der Waals surface area contributed by atoms with Crippen molar-refractivity contribution in [2.24, 2.45) is 0 Å². The molecule has 1 aromatic heterocycles. The standard InChI is InChI=1S/C11H17N3O4/c1-3-18-5-4-12-11(17)14-8-6-7(2)13-9(8)10(15)16/h6,13H,3-5H2,1-2H3,(H,15,16)(H2,12,14,17). The number of aromatic nitrogens is 1. The van der Waals surface area contributed by atoms with Gasteiger partial charge in [0.25, 0.3) is 0 Å². The Hall–Kier alpha value is -2.02. The molecule has 0 radical (unpaired) electrons. The van der Waals surface area contributed by atoms with Crippen LogP contribution in [0.1, 0.15) is 23.1 Å². The van der Waals surface area contributed by atoms with E-state index in [9.17, 15) is 9.59 Å². The molecule has 1 heterocycles. The number of hydrogen-bond acceptors (Lipinski definition) is 3. The van der Waals surface area contributed by atoms with Gasteiger partial charge in [-0.25, -0.2) is 9.59 Å². The van der Waals surface area contributed by atoms with Gasteiger partial charge in [0.1, 0.15) is 5.69 Å². The van der Waals surface area contributed by atoms with Gasteiger partial charge in [-0.05, 0) is 19.9 Å². The van der Waals surface area contributed by atoms with Crippen molar-refractivity contribution >= 4 is 17.7 Å². The average molecular weight is 255 g/mol. The zero-order valence-electron chi connectivity index (χ0n) is 10.4. The number of anilines is 1. The van der Waals surface area contributed by atoms with Gasteiger partial charge in [0.2, 0.25) is 0 Å². The largest absolute Gasteiger partial charge is 0.477 e. The quantitative estimate of drug-likeness (QED) is 0.573. The van der Waals surface area contributed by atoms with E-state index in [0.717, 1.165) is 0 Å². The van der Waals surface area contributed by atoms with Crippen molar-refractivity contribution in [2.45, 2.75) is 13.8 Å². The molecule has 7 nitrogen and oxygen atoms in total. The number of ether oxygens (including phenoxy) is 1. The van der Waals surface area contributed by atoms with Gasteiger partial charge in [0, 0.05) is 18.8 Å². The number of carboxylic acids is 1. The van der Waals surface area contributed by atoms with E-state index >= 15 is 0 Å². The molecule has 1 aromatic rings. The fourth-order valence-electron chi connectivity index (χ4n) is 1.40. The molecule has 18 heavy (non-hydrogen) atoms. The monoisotopic (exact) mass is 255 g/mol. The van der Waals surface area contributed by atoms with Crippen LogP contribution in [0.2, 0.25) is 0 Å². The van der Waals surface area contributed by atoms with Crippen LogP contribution in [0, 0.1) is 6.92 Å². The predicted octanol–water partition coefficient (Wildman–Crippen LogP) is 1.18. The van der Waals surface area contributed by atoms with Crippen molar-refractivity contribution in [1.82, 2.24) is 10.3 Å². The SMILES string of the molecule is CCOCCNC(=O)Nc1cc(C)[nH]c1C(=O)O. The molecule has 0 aliphatic carbocycles. The highest BCUT2D eigenvalue weighted by atomic mass is 16.5. The first kappa shape index (κ1) is 14.0. The third kappa shape index (κ3) is 4.10. The van der Waals surface area contributed by atoms with Crippen LogP contribution in [0.25, 0.3) is 0 Å². The molecular weight excluding hydrogens is 238 g/mol. The molecule has 0 fully saturated rings. The van der Waals surface area contributed by atoms with Crippen LogP contribution < -0.4 is 10.6 Å². The van der Waals surface area contributed by atoms with Crippen molar-refractivity contribution in [1.29, 1.82) is 0 Å². The van der Waals surface area contributed by atoms with Crippen molar-refractivity contribution in [3.05, 3.63) is 17.5 Å². The lowest BCUT2D eigenvalue weighted by atomic mass is 10.3. The van der Waals surface area contributed by atoms with Gasteiger partial charge in [0.05, 0.1) is 12.3 Å². The summed E-state index contributed by atoms with van der Waals surface area (Å²) in [7, 11) is 0. The summed E-state index contributed by atoms with van der Waals surface area (Å²) in [4.78, 5) is 25.0. The summed E-state index contributed by atoms with van der Waals surface area (Å²) in [5, 5.41) is 13.9. The Morgan fingerprint density at radius 3 is 2.83 bits per heavy atom. The van der Waals surface area contributed by atoms with E-state index in [2.05, 4.69) is 15.6 Å². The number of aromatic carboxylic acids is 1. The molecular formula is C11H17N3O4. The number of rotatable bonds is 6. The molecule has 0 saturated heterocycles. The Morgan fingerprint density at radius 2 is 2.22 bits per heavy atom. The van der Waals surface area contributed by atoms with Crippen LogP contribution in [0.15, 0.2) is 6.07 Å². The number of aryl methyl sites for hydroxylation is 1. The topological polar surface area (TPSA) is 103 Å². The Kier molecular flexibility index (Phi) is 5.19. The average Bonchev–Trinajstić information content (AvgIpc) is 2.66. The Morgan fingerprint density at radius 1 is 1.50 bits per heavy atom. The summed E-state index contributed by atoms with van der Waals surface area (Å²) in [6.07, 6.45) is 0. The number of hydrogen-bond donors (Lipinski definition) is 4. The number of carbonyl (C=O) groups excluding carboxylic acids is 1. The molecule has 0 aromatic carbocycles. The number of carboxylic acid groups (broad SMARTS) is 1. The molecule has 0 saturated carbocycles. The summed E-state index contributed by atoms with van der Waals surface area (Å²) < 4.78 is 5.06. The van der Waals surface area contributed by atoms with Crippen LogP contribution in [-0.4, -0.2) is 41.8 Å². The van der Waals surface area contributed by atoms with Crippen LogP contribution in [-0.2, 0) is 4.74 Å².